The topological polar surface area (TPSA) is 40.5 Å². The Labute approximate surface area is 160 Å². The summed E-state index contributed by atoms with van der Waals surface area (Å²) in [4.78, 5) is 15.4. The smallest absolute Gasteiger partial charge is 0.232 e. The Hall–Kier alpha value is -1.51. The summed E-state index contributed by atoms with van der Waals surface area (Å²) in [5.41, 5.74) is 1.94. The molecule has 0 aliphatic rings. The van der Waals surface area contributed by atoms with Crippen molar-refractivity contribution in [2.75, 3.05) is 13.1 Å². The molecule has 0 aliphatic heterocycles. The van der Waals surface area contributed by atoms with Crippen molar-refractivity contribution >= 4 is 5.91 Å². The predicted molar refractivity (Wildman–Crippen MR) is 111 cm³/mol. The van der Waals surface area contributed by atoms with Crippen molar-refractivity contribution in [3.8, 4) is 5.75 Å². The molecule has 148 valence electrons. The van der Waals surface area contributed by atoms with Crippen LogP contribution in [0.5, 0.6) is 5.75 Å². The van der Waals surface area contributed by atoms with Crippen molar-refractivity contribution < 1.29 is 9.90 Å². The first-order chi connectivity index (χ1) is 12.0. The van der Waals surface area contributed by atoms with E-state index in [2.05, 4.69) is 34.6 Å². The number of benzene rings is 1. The highest BCUT2D eigenvalue weighted by Gasteiger charge is 2.35. The molecular formula is C23H39NO2. The van der Waals surface area contributed by atoms with Crippen LogP contribution < -0.4 is 0 Å². The van der Waals surface area contributed by atoms with Gasteiger partial charge in [-0.3, -0.25) is 4.79 Å². The molecule has 0 aliphatic carbocycles. The van der Waals surface area contributed by atoms with Gasteiger partial charge in [0.2, 0.25) is 5.91 Å². The first-order valence-electron chi connectivity index (χ1n) is 10.1. The minimum Gasteiger partial charge on any atom is -0.507 e. The van der Waals surface area contributed by atoms with Gasteiger partial charge >= 0.3 is 0 Å². The lowest BCUT2D eigenvalue weighted by Crippen LogP contribution is -2.44. The maximum absolute atomic E-state index is 13.4. The highest BCUT2D eigenvalue weighted by molar-refractivity contribution is 5.87. The number of phenolic OH excluding ortho intramolecular Hbond substituents is 1. The Morgan fingerprint density at radius 2 is 1.50 bits per heavy atom. The summed E-state index contributed by atoms with van der Waals surface area (Å²) in [7, 11) is 0. The van der Waals surface area contributed by atoms with Crippen LogP contribution in [0.4, 0.5) is 0 Å². The zero-order valence-electron chi connectivity index (χ0n) is 18.2. The van der Waals surface area contributed by atoms with E-state index in [0.717, 1.165) is 55.5 Å². The van der Waals surface area contributed by atoms with Crippen molar-refractivity contribution in [2.24, 2.45) is 0 Å². The fraction of sp³-hybridized carbons (Fsp3) is 0.696. The lowest BCUT2D eigenvalue weighted by atomic mass is 9.77. The number of rotatable bonds is 8. The summed E-state index contributed by atoms with van der Waals surface area (Å²) in [5.74, 6) is 0.530. The molecule has 0 atom stereocenters. The van der Waals surface area contributed by atoms with Gasteiger partial charge in [-0.05, 0) is 55.7 Å². The minimum absolute atomic E-state index is 0.173. The summed E-state index contributed by atoms with van der Waals surface area (Å²) in [6, 6.07) is 4.00. The average Bonchev–Trinajstić information content (AvgIpc) is 2.55. The standard InChI is InChI=1S/C23H39NO2/c1-9-11-13-24(14-12-10-2)21(26)23(7,8)18-15-17(3)20(25)19(16-18)22(4,5)6/h15-16,25H,9-14H2,1-8H3. The summed E-state index contributed by atoms with van der Waals surface area (Å²) < 4.78 is 0. The third-order valence-electron chi connectivity index (χ3n) is 5.22. The number of nitrogens with zero attached hydrogens (tertiary/aromatic N) is 1. The molecule has 0 unspecified atom stereocenters. The lowest BCUT2D eigenvalue weighted by molar-refractivity contribution is -0.136. The van der Waals surface area contributed by atoms with Crippen LogP contribution in [0, 0.1) is 6.92 Å². The molecule has 1 aromatic rings. The van der Waals surface area contributed by atoms with Gasteiger partial charge < -0.3 is 10.0 Å². The van der Waals surface area contributed by atoms with Crippen LogP contribution in [0.15, 0.2) is 12.1 Å². The normalized spacial score (nSPS) is 12.3. The Bertz CT molecular complexity index is 603. The first-order valence-corrected chi connectivity index (χ1v) is 10.1. The number of aromatic hydroxyl groups is 1. The number of aryl methyl sites for hydroxylation is 1. The fourth-order valence-electron chi connectivity index (χ4n) is 3.24. The van der Waals surface area contributed by atoms with Crippen LogP contribution in [0.25, 0.3) is 0 Å². The van der Waals surface area contributed by atoms with Gasteiger partial charge in [-0.15, -0.1) is 0 Å². The monoisotopic (exact) mass is 361 g/mol. The fourth-order valence-corrected chi connectivity index (χ4v) is 3.24. The number of carbonyl (C=O) groups excluding carboxylic acids is 1. The van der Waals surface area contributed by atoms with E-state index in [1.807, 2.05) is 37.8 Å². The molecule has 0 heterocycles. The molecule has 26 heavy (non-hydrogen) atoms. The Kier molecular flexibility index (Phi) is 7.73. The van der Waals surface area contributed by atoms with Gasteiger partial charge in [0.1, 0.15) is 5.75 Å². The second kappa shape index (κ2) is 8.92. The molecular weight excluding hydrogens is 322 g/mol. The number of hydrogen-bond donors (Lipinski definition) is 1. The van der Waals surface area contributed by atoms with Crippen LogP contribution >= 0.6 is 0 Å². The number of hydrogen-bond acceptors (Lipinski definition) is 2. The van der Waals surface area contributed by atoms with Gasteiger partial charge in [0.25, 0.3) is 0 Å². The van der Waals surface area contributed by atoms with E-state index in [1.165, 1.54) is 0 Å². The third-order valence-corrected chi connectivity index (χ3v) is 5.22. The summed E-state index contributed by atoms with van der Waals surface area (Å²) in [6.07, 6.45) is 4.24. The molecule has 3 heteroatoms. The number of amides is 1. The Balaban J connectivity index is 3.29. The SMILES string of the molecule is CCCCN(CCCC)C(=O)C(C)(C)c1cc(C)c(O)c(C(C)(C)C)c1. The van der Waals surface area contributed by atoms with E-state index in [4.69, 9.17) is 0 Å². The van der Waals surface area contributed by atoms with Gasteiger partial charge in [-0.1, -0.05) is 59.6 Å². The van der Waals surface area contributed by atoms with Gasteiger partial charge in [0, 0.05) is 13.1 Å². The second-order valence-electron chi connectivity index (χ2n) is 9.06. The van der Waals surface area contributed by atoms with Crippen molar-refractivity contribution in [3.63, 3.8) is 0 Å². The van der Waals surface area contributed by atoms with Crippen molar-refractivity contribution in [3.05, 3.63) is 28.8 Å². The minimum atomic E-state index is -0.611. The third kappa shape index (κ3) is 5.25. The molecule has 0 fully saturated rings. The largest absolute Gasteiger partial charge is 0.507 e. The van der Waals surface area contributed by atoms with E-state index in [-0.39, 0.29) is 11.3 Å². The van der Waals surface area contributed by atoms with Crippen molar-refractivity contribution in [1.29, 1.82) is 0 Å². The molecule has 0 saturated heterocycles. The first kappa shape index (κ1) is 22.5. The highest BCUT2D eigenvalue weighted by Crippen LogP contribution is 2.38. The number of carbonyl (C=O) groups is 1. The van der Waals surface area contributed by atoms with Crippen LogP contribution in [-0.4, -0.2) is 29.0 Å². The van der Waals surface area contributed by atoms with Crippen LogP contribution in [0.3, 0.4) is 0 Å². The van der Waals surface area contributed by atoms with Crippen molar-refractivity contribution in [1.82, 2.24) is 4.90 Å². The molecule has 1 N–H and O–H groups in total. The number of unbranched alkanes of at least 4 members (excludes halogenated alkanes) is 2. The highest BCUT2D eigenvalue weighted by atomic mass is 16.3. The van der Waals surface area contributed by atoms with Gasteiger partial charge in [0.15, 0.2) is 0 Å². The van der Waals surface area contributed by atoms with Gasteiger partial charge in [-0.2, -0.15) is 0 Å². The van der Waals surface area contributed by atoms with Crippen LogP contribution in [0.1, 0.15) is 90.8 Å². The van der Waals surface area contributed by atoms with Crippen molar-refractivity contribution in [2.45, 2.75) is 91.9 Å². The van der Waals surface area contributed by atoms with E-state index in [0.29, 0.717) is 5.75 Å². The zero-order valence-corrected chi connectivity index (χ0v) is 18.2. The number of phenols is 1. The van der Waals surface area contributed by atoms with Gasteiger partial charge in [-0.25, -0.2) is 0 Å². The van der Waals surface area contributed by atoms with Crippen LogP contribution in [0.2, 0.25) is 0 Å². The maximum atomic E-state index is 13.4. The summed E-state index contributed by atoms with van der Waals surface area (Å²) >= 11 is 0. The Morgan fingerprint density at radius 3 is 1.92 bits per heavy atom. The predicted octanol–water partition coefficient (Wildman–Crippen LogP) is 5.70. The zero-order chi connectivity index (χ0) is 20.1. The van der Waals surface area contributed by atoms with E-state index in [9.17, 15) is 9.90 Å². The summed E-state index contributed by atoms with van der Waals surface area (Å²) in [5, 5.41) is 10.5. The van der Waals surface area contributed by atoms with E-state index < -0.39 is 5.41 Å². The van der Waals surface area contributed by atoms with Gasteiger partial charge in [0.05, 0.1) is 5.41 Å². The second-order valence-corrected chi connectivity index (χ2v) is 9.06. The maximum Gasteiger partial charge on any atom is 0.232 e. The molecule has 0 aromatic heterocycles. The lowest BCUT2D eigenvalue weighted by Gasteiger charge is -2.34. The quantitative estimate of drug-likeness (QED) is 0.645. The van der Waals surface area contributed by atoms with E-state index >= 15 is 0 Å². The summed E-state index contributed by atoms with van der Waals surface area (Å²) in [6.45, 7) is 18.2. The molecule has 1 amide bonds. The molecule has 0 bridgehead atoms. The molecule has 0 saturated carbocycles. The molecule has 1 rings (SSSR count). The van der Waals surface area contributed by atoms with E-state index in [1.54, 1.807) is 0 Å². The molecule has 0 spiro atoms. The molecule has 0 radical (unpaired) electrons. The molecule has 1 aromatic carbocycles. The Morgan fingerprint density at radius 1 is 1.00 bits per heavy atom. The average molecular weight is 362 g/mol. The van der Waals surface area contributed by atoms with Crippen LogP contribution in [-0.2, 0) is 15.6 Å². The molecule has 3 nitrogen and oxygen atoms in total.